The van der Waals surface area contributed by atoms with Crippen molar-refractivity contribution in [1.29, 1.82) is 0 Å². The molecule has 0 atom stereocenters. The van der Waals surface area contributed by atoms with Crippen LogP contribution in [0.15, 0.2) is 41.3 Å². The number of ether oxygens (including phenoxy) is 1. The minimum atomic E-state index is -4.35. The van der Waals surface area contributed by atoms with Crippen molar-refractivity contribution in [2.45, 2.75) is 4.90 Å². The Balaban J connectivity index is 2.50. The zero-order chi connectivity index (χ0) is 17.2. The number of aromatic carboxylic acids is 1. The van der Waals surface area contributed by atoms with Crippen LogP contribution in [0.5, 0.6) is 5.75 Å². The Morgan fingerprint density at radius 2 is 1.83 bits per heavy atom. The largest absolute Gasteiger partial charge is 0.495 e. The van der Waals surface area contributed by atoms with Gasteiger partial charge in [0, 0.05) is 6.07 Å². The first-order valence-electron chi connectivity index (χ1n) is 6.14. The number of methoxy groups -OCH3 is 1. The van der Waals surface area contributed by atoms with E-state index < -0.39 is 38.1 Å². The highest BCUT2D eigenvalue weighted by molar-refractivity contribution is 7.92. The summed E-state index contributed by atoms with van der Waals surface area (Å²) in [6.45, 7) is 0. The van der Waals surface area contributed by atoms with Crippen LogP contribution in [0.3, 0.4) is 0 Å². The number of carbonyl (C=O) groups is 1. The number of benzene rings is 2. The van der Waals surface area contributed by atoms with E-state index in [1.54, 1.807) is 0 Å². The monoisotopic (exact) mass is 343 g/mol. The Hall–Kier alpha value is -2.68. The van der Waals surface area contributed by atoms with Crippen LogP contribution in [0, 0.1) is 11.6 Å². The molecule has 9 heteroatoms. The summed E-state index contributed by atoms with van der Waals surface area (Å²) < 4.78 is 58.5. The lowest BCUT2D eigenvalue weighted by Crippen LogP contribution is -2.16. The highest BCUT2D eigenvalue weighted by atomic mass is 32.2. The number of halogens is 2. The summed E-state index contributed by atoms with van der Waals surface area (Å²) in [7, 11) is -3.19. The fraction of sp³-hybridized carbons (Fsp3) is 0.0714. The van der Waals surface area contributed by atoms with Gasteiger partial charge in [0.1, 0.15) is 22.3 Å². The SMILES string of the molecule is COc1cc(C(=O)O)c(F)cc1NS(=O)(=O)c1ccccc1F. The maximum absolute atomic E-state index is 13.7. The first kappa shape index (κ1) is 16.7. The maximum Gasteiger partial charge on any atom is 0.338 e. The second-order valence-electron chi connectivity index (χ2n) is 4.37. The third-order valence-corrected chi connectivity index (χ3v) is 4.29. The number of hydrogen-bond acceptors (Lipinski definition) is 4. The van der Waals surface area contributed by atoms with Crippen LogP contribution in [-0.2, 0) is 10.0 Å². The van der Waals surface area contributed by atoms with E-state index in [1.807, 2.05) is 4.72 Å². The molecule has 0 fully saturated rings. The van der Waals surface area contributed by atoms with Crippen molar-refractivity contribution in [1.82, 2.24) is 0 Å². The third-order valence-electron chi connectivity index (χ3n) is 2.89. The Labute approximate surface area is 130 Å². The molecule has 2 aromatic carbocycles. The van der Waals surface area contributed by atoms with Gasteiger partial charge in [-0.05, 0) is 18.2 Å². The van der Waals surface area contributed by atoms with E-state index in [-0.39, 0.29) is 11.4 Å². The molecule has 0 amide bonds. The fourth-order valence-electron chi connectivity index (χ4n) is 1.83. The van der Waals surface area contributed by atoms with Gasteiger partial charge in [-0.1, -0.05) is 12.1 Å². The lowest BCUT2D eigenvalue weighted by Gasteiger charge is -2.13. The van der Waals surface area contributed by atoms with Crippen molar-refractivity contribution >= 4 is 21.7 Å². The average Bonchev–Trinajstić information content (AvgIpc) is 2.47. The quantitative estimate of drug-likeness (QED) is 0.870. The van der Waals surface area contributed by atoms with Crippen LogP contribution in [0.25, 0.3) is 0 Å². The Morgan fingerprint density at radius 3 is 2.39 bits per heavy atom. The number of nitrogens with one attached hydrogen (secondary N) is 1. The molecule has 0 aliphatic heterocycles. The summed E-state index contributed by atoms with van der Waals surface area (Å²) in [5.74, 6) is -3.90. The molecule has 2 aromatic rings. The average molecular weight is 343 g/mol. The number of sulfonamides is 1. The molecule has 0 unspecified atom stereocenters. The molecule has 0 heterocycles. The van der Waals surface area contributed by atoms with Crippen molar-refractivity contribution in [2.75, 3.05) is 11.8 Å². The zero-order valence-electron chi connectivity index (χ0n) is 11.7. The molecular weight excluding hydrogens is 332 g/mol. The van der Waals surface area contributed by atoms with Crippen LogP contribution in [-0.4, -0.2) is 26.6 Å². The molecular formula is C14H11F2NO5S. The van der Waals surface area contributed by atoms with E-state index in [0.717, 1.165) is 25.3 Å². The van der Waals surface area contributed by atoms with E-state index in [4.69, 9.17) is 9.84 Å². The van der Waals surface area contributed by atoms with Crippen LogP contribution in [0.4, 0.5) is 14.5 Å². The number of anilines is 1. The summed E-state index contributed by atoms with van der Waals surface area (Å²) in [4.78, 5) is 10.2. The van der Waals surface area contributed by atoms with Crippen molar-refractivity contribution in [3.8, 4) is 5.75 Å². The van der Waals surface area contributed by atoms with E-state index in [1.165, 1.54) is 12.1 Å². The van der Waals surface area contributed by atoms with Crippen LogP contribution in [0.1, 0.15) is 10.4 Å². The number of hydrogen-bond donors (Lipinski definition) is 2. The molecule has 0 bridgehead atoms. The highest BCUT2D eigenvalue weighted by Gasteiger charge is 2.22. The van der Waals surface area contributed by atoms with Crippen molar-refractivity contribution in [3.05, 3.63) is 53.6 Å². The molecule has 0 saturated heterocycles. The minimum Gasteiger partial charge on any atom is -0.495 e. The highest BCUT2D eigenvalue weighted by Crippen LogP contribution is 2.30. The molecule has 2 rings (SSSR count). The van der Waals surface area contributed by atoms with Gasteiger partial charge in [0.25, 0.3) is 10.0 Å². The van der Waals surface area contributed by atoms with Gasteiger partial charge in [0.2, 0.25) is 0 Å². The molecule has 0 saturated carbocycles. The second-order valence-corrected chi connectivity index (χ2v) is 6.02. The topological polar surface area (TPSA) is 92.7 Å². The van der Waals surface area contributed by atoms with Gasteiger partial charge in [0.05, 0.1) is 18.4 Å². The van der Waals surface area contributed by atoms with Gasteiger partial charge in [-0.3, -0.25) is 4.72 Å². The van der Waals surface area contributed by atoms with Gasteiger partial charge in [-0.2, -0.15) is 0 Å². The van der Waals surface area contributed by atoms with Crippen LogP contribution < -0.4 is 9.46 Å². The van der Waals surface area contributed by atoms with Crippen LogP contribution in [0.2, 0.25) is 0 Å². The first-order valence-corrected chi connectivity index (χ1v) is 7.62. The lowest BCUT2D eigenvalue weighted by atomic mass is 10.2. The second kappa shape index (κ2) is 6.21. The van der Waals surface area contributed by atoms with Gasteiger partial charge >= 0.3 is 5.97 Å². The molecule has 0 aliphatic carbocycles. The van der Waals surface area contributed by atoms with Crippen molar-refractivity contribution < 1.29 is 31.8 Å². The minimum absolute atomic E-state index is 0.219. The Morgan fingerprint density at radius 1 is 1.17 bits per heavy atom. The van der Waals surface area contributed by atoms with E-state index in [9.17, 15) is 22.0 Å². The molecule has 0 aromatic heterocycles. The normalized spacial score (nSPS) is 11.1. The number of rotatable bonds is 5. The van der Waals surface area contributed by atoms with Crippen molar-refractivity contribution in [3.63, 3.8) is 0 Å². The predicted molar refractivity (Wildman–Crippen MR) is 77.1 cm³/mol. The van der Waals surface area contributed by atoms with Gasteiger partial charge in [-0.15, -0.1) is 0 Å². The Kier molecular flexibility index (Phi) is 4.50. The predicted octanol–water partition coefficient (Wildman–Crippen LogP) is 2.47. The summed E-state index contributed by atoms with van der Waals surface area (Å²) >= 11 is 0. The van der Waals surface area contributed by atoms with Crippen LogP contribution >= 0.6 is 0 Å². The first-order chi connectivity index (χ1) is 10.8. The summed E-state index contributed by atoms with van der Waals surface area (Å²) in [6.07, 6.45) is 0. The lowest BCUT2D eigenvalue weighted by molar-refractivity contribution is 0.0691. The molecule has 6 nitrogen and oxygen atoms in total. The Bertz CT molecular complexity index is 867. The fourth-order valence-corrected chi connectivity index (χ4v) is 2.97. The van der Waals surface area contributed by atoms with Gasteiger partial charge in [-0.25, -0.2) is 22.0 Å². The molecule has 2 N–H and O–H groups in total. The molecule has 23 heavy (non-hydrogen) atoms. The van der Waals surface area contributed by atoms with Crippen molar-refractivity contribution in [2.24, 2.45) is 0 Å². The smallest absolute Gasteiger partial charge is 0.338 e. The summed E-state index contributed by atoms with van der Waals surface area (Å²) in [6, 6.07) is 6.11. The summed E-state index contributed by atoms with van der Waals surface area (Å²) in [5.41, 5.74) is -1.03. The molecule has 0 radical (unpaired) electrons. The summed E-state index contributed by atoms with van der Waals surface area (Å²) in [5, 5.41) is 8.84. The maximum atomic E-state index is 13.7. The molecule has 0 aliphatic rings. The van der Waals surface area contributed by atoms with Gasteiger partial charge in [0.15, 0.2) is 0 Å². The molecule has 122 valence electrons. The van der Waals surface area contributed by atoms with Gasteiger partial charge < -0.3 is 9.84 Å². The zero-order valence-corrected chi connectivity index (χ0v) is 12.5. The van der Waals surface area contributed by atoms with E-state index in [2.05, 4.69) is 0 Å². The van der Waals surface area contributed by atoms with E-state index in [0.29, 0.717) is 6.07 Å². The van der Waals surface area contributed by atoms with E-state index >= 15 is 0 Å². The standard InChI is InChI=1S/C14H11F2NO5S/c1-22-12-6-8(14(18)19)10(16)7-11(12)17-23(20,21)13-5-3-2-4-9(13)15/h2-7,17H,1H3,(H,18,19). The number of carboxylic acids is 1. The molecule has 0 spiro atoms. The third kappa shape index (κ3) is 3.39. The number of carboxylic acid groups (broad SMARTS) is 1.